The number of hydrogen-bond donors (Lipinski definition) is 1. The van der Waals surface area contributed by atoms with Crippen LogP contribution in [0.3, 0.4) is 0 Å². The first kappa shape index (κ1) is 20.5. The van der Waals surface area contributed by atoms with E-state index in [4.69, 9.17) is 0 Å². The number of hydrogen-bond acceptors (Lipinski definition) is 2. The van der Waals surface area contributed by atoms with Crippen molar-refractivity contribution in [1.29, 1.82) is 0 Å². The molecular weight excluding hydrogens is 414 g/mol. The number of fused-ring (bicyclic) bond motifs is 3. The van der Waals surface area contributed by atoms with Crippen LogP contribution in [0, 0.1) is 6.92 Å². The van der Waals surface area contributed by atoms with Gasteiger partial charge in [-0.3, -0.25) is 0 Å². The smallest absolute Gasteiger partial charge is 0.318 e. The Morgan fingerprint density at radius 2 is 1.69 bits per heavy atom. The number of thioether (sulfide) groups is 1. The second-order valence-corrected chi connectivity index (χ2v) is 8.91. The number of nitrogens with zero attached hydrogens (tertiary/aromatic N) is 2. The van der Waals surface area contributed by atoms with Crippen LogP contribution in [0.4, 0.5) is 10.5 Å². The number of aryl methyl sites for hydroxylation is 1. The third kappa shape index (κ3) is 3.80. The van der Waals surface area contributed by atoms with Crippen LogP contribution < -0.4 is 5.32 Å². The number of carbonyl (C=O) groups is 1. The molecule has 0 saturated heterocycles. The van der Waals surface area contributed by atoms with Crippen LogP contribution >= 0.6 is 11.8 Å². The Morgan fingerprint density at radius 1 is 0.938 bits per heavy atom. The van der Waals surface area contributed by atoms with Crippen LogP contribution in [0.5, 0.6) is 0 Å². The van der Waals surface area contributed by atoms with Gasteiger partial charge in [-0.25, -0.2) is 4.79 Å². The summed E-state index contributed by atoms with van der Waals surface area (Å²) in [4.78, 5) is 16.8. The predicted molar refractivity (Wildman–Crippen MR) is 132 cm³/mol. The van der Waals surface area contributed by atoms with Crippen molar-refractivity contribution < 1.29 is 4.79 Å². The predicted octanol–water partition coefficient (Wildman–Crippen LogP) is 6.64. The molecule has 5 rings (SSSR count). The topological polar surface area (TPSA) is 37.3 Å². The Balaban J connectivity index is 1.61. The lowest BCUT2D eigenvalue weighted by Gasteiger charge is -2.31. The van der Waals surface area contributed by atoms with Gasteiger partial charge in [0.2, 0.25) is 0 Å². The van der Waals surface area contributed by atoms with Crippen LogP contribution in [-0.4, -0.2) is 21.8 Å². The molecule has 1 aliphatic heterocycles. The Labute approximate surface area is 192 Å². The number of amides is 2. The number of nitrogens with one attached hydrogen (secondary N) is 1. The van der Waals surface area contributed by atoms with Crippen molar-refractivity contribution >= 4 is 23.5 Å². The number of rotatable bonds is 3. The number of carbonyl (C=O) groups excluding carboxylic acids is 1. The maximum atomic E-state index is 13.7. The monoisotopic (exact) mass is 439 g/mol. The molecule has 2 heterocycles. The van der Waals surface area contributed by atoms with Crippen LogP contribution in [0.2, 0.25) is 0 Å². The van der Waals surface area contributed by atoms with E-state index >= 15 is 0 Å². The number of para-hydroxylation sites is 1. The molecule has 1 atom stereocenters. The van der Waals surface area contributed by atoms with Gasteiger partial charge in [0, 0.05) is 22.5 Å². The summed E-state index contributed by atoms with van der Waals surface area (Å²) in [5.74, 6) is 0. The largest absolute Gasteiger partial charge is 0.322 e. The van der Waals surface area contributed by atoms with Crippen molar-refractivity contribution in [3.05, 3.63) is 114 Å². The molecule has 0 fully saturated rings. The normalized spacial score (nSPS) is 14.9. The lowest BCUT2D eigenvalue weighted by molar-refractivity contribution is 0.194. The minimum atomic E-state index is -0.209. The molecule has 1 aromatic heterocycles. The summed E-state index contributed by atoms with van der Waals surface area (Å²) in [5, 5.41) is 3.12. The Hall–Kier alpha value is -3.44. The van der Waals surface area contributed by atoms with Crippen LogP contribution in [-0.2, 0) is 6.54 Å². The van der Waals surface area contributed by atoms with Crippen LogP contribution in [0.1, 0.15) is 28.4 Å². The Kier molecular flexibility index (Phi) is 5.50. The van der Waals surface area contributed by atoms with Crippen molar-refractivity contribution in [2.75, 3.05) is 11.6 Å². The third-order valence-electron chi connectivity index (χ3n) is 5.96. The van der Waals surface area contributed by atoms with Gasteiger partial charge in [-0.05, 0) is 66.8 Å². The quantitative estimate of drug-likeness (QED) is 0.363. The molecule has 4 aromatic rings. The van der Waals surface area contributed by atoms with E-state index in [1.165, 1.54) is 4.90 Å². The highest BCUT2D eigenvalue weighted by atomic mass is 32.2. The second-order valence-electron chi connectivity index (χ2n) is 8.03. The van der Waals surface area contributed by atoms with Gasteiger partial charge in [-0.15, -0.1) is 11.8 Å². The Morgan fingerprint density at radius 3 is 2.44 bits per heavy atom. The molecule has 1 aliphatic rings. The van der Waals surface area contributed by atoms with E-state index in [1.54, 1.807) is 11.8 Å². The fraction of sp³-hybridized carbons (Fsp3) is 0.148. The first-order valence-electron chi connectivity index (χ1n) is 10.7. The molecule has 32 heavy (non-hydrogen) atoms. The lowest BCUT2D eigenvalue weighted by atomic mass is 10.0. The highest BCUT2D eigenvalue weighted by molar-refractivity contribution is 7.98. The zero-order chi connectivity index (χ0) is 22.1. The molecule has 3 aromatic carbocycles. The van der Waals surface area contributed by atoms with Crippen LogP contribution in [0.15, 0.2) is 96.0 Å². The molecule has 0 radical (unpaired) electrons. The molecule has 4 nitrogen and oxygen atoms in total. The average Bonchev–Trinajstić information content (AvgIpc) is 3.25. The number of urea groups is 1. The van der Waals surface area contributed by atoms with E-state index in [9.17, 15) is 4.79 Å². The maximum absolute atomic E-state index is 13.7. The fourth-order valence-electron chi connectivity index (χ4n) is 4.31. The maximum Gasteiger partial charge on any atom is 0.322 e. The zero-order valence-electron chi connectivity index (χ0n) is 18.2. The van der Waals surface area contributed by atoms with Gasteiger partial charge in [-0.1, -0.05) is 48.0 Å². The summed E-state index contributed by atoms with van der Waals surface area (Å²) >= 11 is 1.72. The van der Waals surface area contributed by atoms with E-state index in [0.29, 0.717) is 6.54 Å². The van der Waals surface area contributed by atoms with Crippen molar-refractivity contribution in [1.82, 2.24) is 9.47 Å². The molecule has 1 N–H and O–H groups in total. The molecule has 0 saturated carbocycles. The first-order chi connectivity index (χ1) is 15.6. The molecule has 5 heteroatoms. The summed E-state index contributed by atoms with van der Waals surface area (Å²) < 4.78 is 2.21. The van der Waals surface area contributed by atoms with E-state index in [-0.39, 0.29) is 12.1 Å². The number of anilines is 1. The molecule has 160 valence electrons. The first-order valence-corrected chi connectivity index (χ1v) is 11.9. The molecule has 0 spiro atoms. The van der Waals surface area contributed by atoms with E-state index in [1.807, 2.05) is 48.2 Å². The van der Waals surface area contributed by atoms with Gasteiger partial charge >= 0.3 is 6.03 Å². The lowest BCUT2D eigenvalue weighted by Crippen LogP contribution is -2.37. The van der Waals surface area contributed by atoms with E-state index in [2.05, 4.69) is 70.9 Å². The van der Waals surface area contributed by atoms with Gasteiger partial charge in [0.05, 0.1) is 18.3 Å². The minimum absolute atomic E-state index is 0.114. The molecule has 0 unspecified atom stereocenters. The van der Waals surface area contributed by atoms with Gasteiger partial charge in [0.15, 0.2) is 0 Å². The minimum Gasteiger partial charge on any atom is -0.318 e. The van der Waals surface area contributed by atoms with E-state index < -0.39 is 0 Å². The highest BCUT2D eigenvalue weighted by Crippen LogP contribution is 2.37. The molecule has 2 amide bonds. The van der Waals surface area contributed by atoms with Gasteiger partial charge in [0.25, 0.3) is 0 Å². The Bertz CT molecular complexity index is 1240. The van der Waals surface area contributed by atoms with Crippen LogP contribution in [0.25, 0.3) is 5.69 Å². The van der Waals surface area contributed by atoms with Crippen molar-refractivity contribution in [3.63, 3.8) is 0 Å². The van der Waals surface area contributed by atoms with Crippen molar-refractivity contribution in [2.24, 2.45) is 0 Å². The number of benzene rings is 3. The standard InChI is InChI=1S/C27H25N3OS/c1-19-9-13-22(14-10-19)28-27(31)30-18-21-6-3-4-7-24(21)29-17-5-8-25(29)26(30)20-11-15-23(32-2)16-12-20/h3-17,26H,18H2,1-2H3,(H,28,31)/t26-/m0/s1. The molecular formula is C27H25N3OS. The zero-order valence-corrected chi connectivity index (χ0v) is 19.0. The fourth-order valence-corrected chi connectivity index (χ4v) is 4.72. The highest BCUT2D eigenvalue weighted by Gasteiger charge is 2.33. The SMILES string of the molecule is CSc1ccc([C@H]2c3cccn3-c3ccccc3CN2C(=O)Nc2ccc(C)cc2)cc1. The second kappa shape index (κ2) is 8.60. The average molecular weight is 440 g/mol. The summed E-state index contributed by atoms with van der Waals surface area (Å²) in [6.45, 7) is 2.56. The molecule has 0 bridgehead atoms. The summed E-state index contributed by atoms with van der Waals surface area (Å²) in [6.07, 6.45) is 4.16. The summed E-state index contributed by atoms with van der Waals surface area (Å²) in [6, 6.07) is 28.6. The van der Waals surface area contributed by atoms with Crippen molar-refractivity contribution in [2.45, 2.75) is 24.4 Å². The van der Waals surface area contributed by atoms with Gasteiger partial charge in [-0.2, -0.15) is 0 Å². The van der Waals surface area contributed by atoms with E-state index in [0.717, 1.165) is 33.8 Å². The third-order valence-corrected chi connectivity index (χ3v) is 6.70. The number of aromatic nitrogens is 1. The van der Waals surface area contributed by atoms with Crippen molar-refractivity contribution in [3.8, 4) is 5.69 Å². The van der Waals surface area contributed by atoms with Gasteiger partial charge < -0.3 is 14.8 Å². The molecule has 0 aliphatic carbocycles. The summed E-state index contributed by atoms with van der Waals surface area (Å²) in [7, 11) is 0. The summed E-state index contributed by atoms with van der Waals surface area (Å²) in [5.41, 5.74) is 6.36. The van der Waals surface area contributed by atoms with Gasteiger partial charge in [0.1, 0.15) is 0 Å².